The molecule has 100 valence electrons. The Bertz CT molecular complexity index is 502. The molecule has 0 spiro atoms. The molecule has 5 nitrogen and oxygen atoms in total. The van der Waals surface area contributed by atoms with Gasteiger partial charge in [0.25, 0.3) is 0 Å². The maximum absolute atomic E-state index is 12.2. The van der Waals surface area contributed by atoms with E-state index >= 15 is 0 Å². The fraction of sp³-hybridized carbons (Fsp3) is 0.500. The third-order valence-electron chi connectivity index (χ3n) is 3.13. The van der Waals surface area contributed by atoms with Gasteiger partial charge in [-0.3, -0.25) is 4.72 Å². The van der Waals surface area contributed by atoms with Crippen LogP contribution in [0.2, 0.25) is 0 Å². The van der Waals surface area contributed by atoms with Gasteiger partial charge in [-0.05, 0) is 25.0 Å². The predicted molar refractivity (Wildman–Crippen MR) is 72.9 cm³/mol. The van der Waals surface area contributed by atoms with Crippen LogP contribution in [0.25, 0.3) is 0 Å². The average Bonchev–Trinajstić information content (AvgIpc) is 2.35. The van der Waals surface area contributed by atoms with Gasteiger partial charge < -0.3 is 5.32 Å². The lowest BCUT2D eigenvalue weighted by Gasteiger charge is -2.27. The van der Waals surface area contributed by atoms with Crippen LogP contribution in [-0.2, 0) is 10.2 Å². The van der Waals surface area contributed by atoms with Crippen LogP contribution < -0.4 is 10.0 Å². The van der Waals surface area contributed by atoms with Gasteiger partial charge in [0.1, 0.15) is 0 Å². The van der Waals surface area contributed by atoms with E-state index < -0.39 is 10.2 Å². The first-order valence-electron chi connectivity index (χ1n) is 6.05. The number of nitrogens with zero attached hydrogens (tertiary/aromatic N) is 1. The number of anilines is 1. The fourth-order valence-electron chi connectivity index (χ4n) is 2.05. The second kappa shape index (κ2) is 5.26. The quantitative estimate of drug-likeness (QED) is 0.856. The summed E-state index contributed by atoms with van der Waals surface area (Å²) >= 11 is 0. The van der Waals surface area contributed by atoms with Crippen LogP contribution in [0.1, 0.15) is 11.1 Å². The molecule has 18 heavy (non-hydrogen) atoms. The largest absolute Gasteiger partial charge is 0.314 e. The highest BCUT2D eigenvalue weighted by atomic mass is 32.2. The number of hydrogen-bond donors (Lipinski definition) is 2. The molecule has 1 aromatic rings. The SMILES string of the molecule is Cc1cccc(C)c1NS(=O)(=O)N1CCNCC1. The van der Waals surface area contributed by atoms with E-state index in [1.54, 1.807) is 0 Å². The first kappa shape index (κ1) is 13.3. The van der Waals surface area contributed by atoms with Crippen LogP contribution in [0.15, 0.2) is 18.2 Å². The molecule has 0 amide bonds. The van der Waals surface area contributed by atoms with Gasteiger partial charge in [-0.1, -0.05) is 18.2 Å². The van der Waals surface area contributed by atoms with E-state index in [9.17, 15) is 8.42 Å². The minimum atomic E-state index is -3.44. The van der Waals surface area contributed by atoms with Crippen LogP contribution in [0, 0.1) is 13.8 Å². The molecule has 1 aliphatic heterocycles. The van der Waals surface area contributed by atoms with Crippen molar-refractivity contribution in [3.8, 4) is 0 Å². The lowest BCUT2D eigenvalue weighted by Crippen LogP contribution is -2.48. The Balaban J connectivity index is 2.22. The molecule has 1 heterocycles. The summed E-state index contributed by atoms with van der Waals surface area (Å²) in [5, 5.41) is 3.14. The summed E-state index contributed by atoms with van der Waals surface area (Å²) in [5.74, 6) is 0. The van der Waals surface area contributed by atoms with Crippen LogP contribution in [0.3, 0.4) is 0 Å². The van der Waals surface area contributed by atoms with Crippen molar-refractivity contribution in [3.63, 3.8) is 0 Å². The van der Waals surface area contributed by atoms with Crippen LogP contribution >= 0.6 is 0 Å². The highest BCUT2D eigenvalue weighted by Crippen LogP contribution is 2.21. The summed E-state index contributed by atoms with van der Waals surface area (Å²) in [6, 6.07) is 5.73. The van der Waals surface area contributed by atoms with Gasteiger partial charge in [0.05, 0.1) is 5.69 Å². The average molecular weight is 269 g/mol. The molecule has 1 aliphatic rings. The third-order valence-corrected chi connectivity index (χ3v) is 4.64. The van der Waals surface area contributed by atoms with Gasteiger partial charge >= 0.3 is 10.2 Å². The molecule has 6 heteroatoms. The topological polar surface area (TPSA) is 61.4 Å². The van der Waals surface area contributed by atoms with E-state index in [1.807, 2.05) is 32.0 Å². The molecular weight excluding hydrogens is 250 g/mol. The number of aryl methyl sites for hydroxylation is 2. The van der Waals surface area contributed by atoms with E-state index in [1.165, 1.54) is 4.31 Å². The normalized spacial score (nSPS) is 17.7. The molecule has 0 bridgehead atoms. The maximum atomic E-state index is 12.2. The zero-order valence-electron chi connectivity index (χ0n) is 10.7. The number of benzene rings is 1. The lowest BCUT2D eigenvalue weighted by molar-refractivity contribution is 0.362. The zero-order chi connectivity index (χ0) is 13.2. The fourth-order valence-corrected chi connectivity index (χ4v) is 3.43. The van der Waals surface area contributed by atoms with Crippen molar-refractivity contribution in [2.24, 2.45) is 0 Å². The summed E-state index contributed by atoms with van der Waals surface area (Å²) in [7, 11) is -3.44. The van der Waals surface area contributed by atoms with Gasteiger partial charge in [0, 0.05) is 26.2 Å². The van der Waals surface area contributed by atoms with E-state index in [0.29, 0.717) is 31.9 Å². The Morgan fingerprint density at radius 2 is 1.72 bits per heavy atom. The molecule has 0 aromatic heterocycles. The molecule has 1 aromatic carbocycles. The van der Waals surface area contributed by atoms with Crippen molar-refractivity contribution in [3.05, 3.63) is 29.3 Å². The van der Waals surface area contributed by atoms with Crippen LogP contribution in [0.5, 0.6) is 0 Å². The number of hydrogen-bond acceptors (Lipinski definition) is 3. The maximum Gasteiger partial charge on any atom is 0.301 e. The van der Waals surface area contributed by atoms with Gasteiger partial charge in [-0.2, -0.15) is 12.7 Å². The van der Waals surface area contributed by atoms with Crippen molar-refractivity contribution in [2.75, 3.05) is 30.9 Å². The van der Waals surface area contributed by atoms with Crippen LogP contribution in [0.4, 0.5) is 5.69 Å². The second-order valence-corrected chi connectivity index (χ2v) is 6.19. The van der Waals surface area contributed by atoms with E-state index in [2.05, 4.69) is 10.0 Å². The number of piperazine rings is 1. The van der Waals surface area contributed by atoms with Gasteiger partial charge in [0.15, 0.2) is 0 Å². The lowest BCUT2D eigenvalue weighted by atomic mass is 10.1. The Labute approximate surface area is 108 Å². The second-order valence-electron chi connectivity index (χ2n) is 4.52. The zero-order valence-corrected chi connectivity index (χ0v) is 11.5. The smallest absolute Gasteiger partial charge is 0.301 e. The van der Waals surface area contributed by atoms with E-state index in [-0.39, 0.29) is 0 Å². The standard InChI is InChI=1S/C12H19N3O2S/c1-10-4-3-5-11(2)12(10)14-18(16,17)15-8-6-13-7-9-15/h3-5,13-14H,6-9H2,1-2H3. The summed E-state index contributed by atoms with van der Waals surface area (Å²) in [6.45, 7) is 6.24. The number of rotatable bonds is 3. The molecule has 0 radical (unpaired) electrons. The van der Waals surface area contributed by atoms with Crippen LogP contribution in [-0.4, -0.2) is 38.9 Å². The summed E-state index contributed by atoms with van der Waals surface area (Å²) in [5.41, 5.74) is 2.57. The van der Waals surface area contributed by atoms with Crippen molar-refractivity contribution in [1.29, 1.82) is 0 Å². The summed E-state index contributed by atoms with van der Waals surface area (Å²) in [4.78, 5) is 0. The molecule has 2 rings (SSSR count). The molecule has 0 saturated carbocycles. The van der Waals surface area contributed by atoms with E-state index in [0.717, 1.165) is 11.1 Å². The summed E-state index contributed by atoms with van der Waals surface area (Å²) in [6.07, 6.45) is 0. The first-order valence-corrected chi connectivity index (χ1v) is 7.49. The van der Waals surface area contributed by atoms with Crippen molar-refractivity contribution in [1.82, 2.24) is 9.62 Å². The Kier molecular flexibility index (Phi) is 3.89. The highest BCUT2D eigenvalue weighted by Gasteiger charge is 2.24. The van der Waals surface area contributed by atoms with E-state index in [4.69, 9.17) is 0 Å². The predicted octanol–water partition coefficient (Wildman–Crippen LogP) is 0.865. The Morgan fingerprint density at radius 3 is 2.28 bits per heavy atom. The highest BCUT2D eigenvalue weighted by molar-refractivity contribution is 7.90. The molecule has 1 fully saturated rings. The van der Waals surface area contributed by atoms with Gasteiger partial charge in [0.2, 0.25) is 0 Å². The molecule has 0 unspecified atom stereocenters. The number of nitrogens with one attached hydrogen (secondary N) is 2. The summed E-state index contributed by atoms with van der Waals surface area (Å²) < 4.78 is 28.7. The molecule has 0 aliphatic carbocycles. The van der Waals surface area contributed by atoms with Crippen molar-refractivity contribution in [2.45, 2.75) is 13.8 Å². The Morgan fingerprint density at radius 1 is 1.17 bits per heavy atom. The molecule has 1 saturated heterocycles. The monoisotopic (exact) mass is 269 g/mol. The molecular formula is C12H19N3O2S. The van der Waals surface area contributed by atoms with Gasteiger partial charge in [-0.15, -0.1) is 0 Å². The Hall–Kier alpha value is -1.11. The minimum absolute atomic E-state index is 0.514. The first-order chi connectivity index (χ1) is 8.50. The van der Waals surface area contributed by atoms with Gasteiger partial charge in [-0.25, -0.2) is 0 Å². The third kappa shape index (κ3) is 2.82. The molecule has 0 atom stereocenters. The number of para-hydroxylation sites is 1. The molecule has 2 N–H and O–H groups in total. The van der Waals surface area contributed by atoms with Crippen molar-refractivity contribution < 1.29 is 8.42 Å². The minimum Gasteiger partial charge on any atom is -0.314 e. The van der Waals surface area contributed by atoms with Crippen molar-refractivity contribution >= 4 is 15.9 Å².